The van der Waals surface area contributed by atoms with E-state index in [4.69, 9.17) is 9.47 Å². The monoisotopic (exact) mass is 398 g/mol. The fraction of sp³-hybridized carbons (Fsp3) is 0.632. The molecule has 0 saturated carbocycles. The summed E-state index contributed by atoms with van der Waals surface area (Å²) in [4.78, 5) is 14.0. The molecule has 1 aromatic rings. The Balaban J connectivity index is 1.93. The van der Waals surface area contributed by atoms with Gasteiger partial charge in [0, 0.05) is 33.3 Å². The van der Waals surface area contributed by atoms with Crippen molar-refractivity contribution in [2.45, 2.75) is 31.1 Å². The standard InChI is InChI=1S/C19H30N2O5S/c1-19(2,3)16-5-7-17(8-6-16)27(23,24)21-11-9-20(10-12-21)18(22)15-26-14-13-25-4/h5-8H,9-15H2,1-4H3. The molecule has 2 rings (SSSR count). The first-order valence-corrected chi connectivity index (χ1v) is 10.6. The molecule has 1 aliphatic rings. The van der Waals surface area contributed by atoms with E-state index in [1.165, 1.54) is 4.31 Å². The summed E-state index contributed by atoms with van der Waals surface area (Å²) >= 11 is 0. The van der Waals surface area contributed by atoms with Crippen LogP contribution in [0.2, 0.25) is 0 Å². The highest BCUT2D eigenvalue weighted by molar-refractivity contribution is 7.89. The number of piperazine rings is 1. The van der Waals surface area contributed by atoms with Crippen LogP contribution >= 0.6 is 0 Å². The van der Waals surface area contributed by atoms with E-state index in [9.17, 15) is 13.2 Å². The van der Waals surface area contributed by atoms with Crippen LogP contribution in [0.1, 0.15) is 26.3 Å². The molecule has 0 aromatic heterocycles. The minimum atomic E-state index is -3.55. The van der Waals surface area contributed by atoms with Gasteiger partial charge in [-0.15, -0.1) is 0 Å². The Morgan fingerprint density at radius 1 is 1.04 bits per heavy atom. The highest BCUT2D eigenvalue weighted by Crippen LogP contribution is 2.25. The van der Waals surface area contributed by atoms with Gasteiger partial charge in [0.15, 0.2) is 0 Å². The van der Waals surface area contributed by atoms with Crippen molar-refractivity contribution in [1.82, 2.24) is 9.21 Å². The van der Waals surface area contributed by atoms with E-state index in [0.29, 0.717) is 26.3 Å². The van der Waals surface area contributed by atoms with Gasteiger partial charge in [0.2, 0.25) is 15.9 Å². The summed E-state index contributed by atoms with van der Waals surface area (Å²) in [5.74, 6) is -0.127. The Morgan fingerprint density at radius 3 is 2.15 bits per heavy atom. The molecule has 27 heavy (non-hydrogen) atoms. The molecule has 0 N–H and O–H groups in total. The summed E-state index contributed by atoms with van der Waals surface area (Å²) in [6, 6.07) is 7.06. The number of nitrogens with zero attached hydrogens (tertiary/aromatic N) is 2. The van der Waals surface area contributed by atoms with Gasteiger partial charge < -0.3 is 14.4 Å². The average Bonchev–Trinajstić information content (AvgIpc) is 2.64. The fourth-order valence-electron chi connectivity index (χ4n) is 2.85. The highest BCUT2D eigenvalue weighted by atomic mass is 32.2. The molecule has 0 atom stereocenters. The molecule has 1 amide bonds. The highest BCUT2D eigenvalue weighted by Gasteiger charge is 2.30. The number of carbonyl (C=O) groups excluding carboxylic acids is 1. The van der Waals surface area contributed by atoms with Crippen molar-refractivity contribution in [3.05, 3.63) is 29.8 Å². The van der Waals surface area contributed by atoms with Crippen LogP contribution in [-0.4, -0.2) is 76.6 Å². The molecule has 0 spiro atoms. The Hall–Kier alpha value is -1.48. The molecule has 1 aromatic carbocycles. The normalized spacial score (nSPS) is 16.5. The summed E-state index contributed by atoms with van der Waals surface area (Å²) in [5.41, 5.74) is 1.06. The number of hydrogen-bond donors (Lipinski definition) is 0. The van der Waals surface area contributed by atoms with Gasteiger partial charge in [0.25, 0.3) is 0 Å². The third-order valence-electron chi connectivity index (χ3n) is 4.61. The summed E-state index contributed by atoms with van der Waals surface area (Å²) < 4.78 is 37.3. The third kappa shape index (κ3) is 5.75. The molecule has 8 heteroatoms. The second kappa shape index (κ2) is 9.14. The van der Waals surface area contributed by atoms with Gasteiger partial charge in [0.05, 0.1) is 18.1 Å². The molecule has 7 nitrogen and oxygen atoms in total. The molecule has 0 unspecified atom stereocenters. The van der Waals surface area contributed by atoms with Gasteiger partial charge in [-0.2, -0.15) is 4.31 Å². The minimum Gasteiger partial charge on any atom is -0.382 e. The second-order valence-corrected chi connectivity index (χ2v) is 9.54. The zero-order valence-electron chi connectivity index (χ0n) is 16.6. The molecular formula is C19H30N2O5S. The molecule has 1 heterocycles. The van der Waals surface area contributed by atoms with Gasteiger partial charge in [-0.05, 0) is 23.1 Å². The number of benzene rings is 1. The van der Waals surface area contributed by atoms with Crippen molar-refractivity contribution >= 4 is 15.9 Å². The Bertz CT molecular complexity index is 717. The molecule has 0 aliphatic carbocycles. The Labute approximate surface area is 162 Å². The summed E-state index contributed by atoms with van der Waals surface area (Å²) in [6.07, 6.45) is 0. The first kappa shape index (κ1) is 21.8. The van der Waals surface area contributed by atoms with Crippen LogP contribution in [0.3, 0.4) is 0 Å². The molecular weight excluding hydrogens is 368 g/mol. The van der Waals surface area contributed by atoms with Crippen LogP contribution in [0.25, 0.3) is 0 Å². The average molecular weight is 399 g/mol. The van der Waals surface area contributed by atoms with E-state index >= 15 is 0 Å². The Morgan fingerprint density at radius 2 is 1.63 bits per heavy atom. The Kier molecular flexibility index (Phi) is 7.39. The lowest BCUT2D eigenvalue weighted by Gasteiger charge is -2.34. The van der Waals surface area contributed by atoms with E-state index in [-0.39, 0.29) is 35.9 Å². The maximum Gasteiger partial charge on any atom is 0.248 e. The topological polar surface area (TPSA) is 76.2 Å². The fourth-order valence-corrected chi connectivity index (χ4v) is 4.27. The molecule has 152 valence electrons. The summed E-state index contributed by atoms with van der Waals surface area (Å²) in [5, 5.41) is 0. The predicted molar refractivity (Wildman–Crippen MR) is 103 cm³/mol. The molecule has 0 radical (unpaired) electrons. The lowest BCUT2D eigenvalue weighted by atomic mass is 9.87. The number of methoxy groups -OCH3 is 1. The first-order valence-electron chi connectivity index (χ1n) is 9.11. The number of ether oxygens (including phenoxy) is 2. The quantitative estimate of drug-likeness (QED) is 0.651. The van der Waals surface area contributed by atoms with Gasteiger partial charge in [-0.25, -0.2) is 8.42 Å². The van der Waals surface area contributed by atoms with Gasteiger partial charge in [-0.1, -0.05) is 32.9 Å². The second-order valence-electron chi connectivity index (χ2n) is 7.60. The zero-order valence-corrected chi connectivity index (χ0v) is 17.4. The van der Waals surface area contributed by atoms with Crippen LogP contribution in [0.4, 0.5) is 0 Å². The third-order valence-corrected chi connectivity index (χ3v) is 6.52. The molecule has 1 aliphatic heterocycles. The maximum absolute atomic E-state index is 12.9. The minimum absolute atomic E-state index is 0.00955. The van der Waals surface area contributed by atoms with Crippen LogP contribution in [0, 0.1) is 0 Å². The van der Waals surface area contributed by atoms with Gasteiger partial charge in [0.1, 0.15) is 6.61 Å². The molecule has 0 bridgehead atoms. The largest absolute Gasteiger partial charge is 0.382 e. The number of rotatable bonds is 7. The van der Waals surface area contributed by atoms with Crippen molar-refractivity contribution in [3.8, 4) is 0 Å². The van der Waals surface area contributed by atoms with Gasteiger partial charge in [-0.3, -0.25) is 4.79 Å². The molecule has 1 saturated heterocycles. The van der Waals surface area contributed by atoms with Crippen LogP contribution in [0.15, 0.2) is 29.2 Å². The van der Waals surface area contributed by atoms with Crippen molar-refractivity contribution in [1.29, 1.82) is 0 Å². The van der Waals surface area contributed by atoms with Crippen molar-refractivity contribution < 1.29 is 22.7 Å². The summed E-state index contributed by atoms with van der Waals surface area (Å²) in [7, 11) is -1.98. The summed E-state index contributed by atoms with van der Waals surface area (Å²) in [6.45, 7) is 8.36. The lowest BCUT2D eigenvalue weighted by Crippen LogP contribution is -2.51. The van der Waals surface area contributed by atoms with Crippen molar-refractivity contribution in [2.75, 3.05) is 53.1 Å². The van der Waals surface area contributed by atoms with Crippen LogP contribution in [0.5, 0.6) is 0 Å². The van der Waals surface area contributed by atoms with Crippen molar-refractivity contribution in [2.24, 2.45) is 0 Å². The van der Waals surface area contributed by atoms with Crippen molar-refractivity contribution in [3.63, 3.8) is 0 Å². The van der Waals surface area contributed by atoms with E-state index in [1.54, 1.807) is 24.1 Å². The number of amides is 1. The number of carbonyl (C=O) groups is 1. The maximum atomic E-state index is 12.9. The number of sulfonamides is 1. The van der Waals surface area contributed by atoms with E-state index < -0.39 is 10.0 Å². The SMILES string of the molecule is COCCOCC(=O)N1CCN(S(=O)(=O)c2ccc(C(C)(C)C)cc2)CC1. The molecule has 1 fully saturated rings. The number of hydrogen-bond acceptors (Lipinski definition) is 5. The van der Waals surface area contributed by atoms with Crippen LogP contribution < -0.4 is 0 Å². The van der Waals surface area contributed by atoms with E-state index in [2.05, 4.69) is 20.8 Å². The zero-order chi connectivity index (χ0) is 20.1. The van der Waals surface area contributed by atoms with E-state index in [0.717, 1.165) is 5.56 Å². The predicted octanol–water partition coefficient (Wildman–Crippen LogP) is 1.48. The van der Waals surface area contributed by atoms with Gasteiger partial charge >= 0.3 is 0 Å². The van der Waals surface area contributed by atoms with E-state index in [1.807, 2.05) is 12.1 Å². The smallest absolute Gasteiger partial charge is 0.248 e. The first-order chi connectivity index (χ1) is 12.7. The lowest BCUT2D eigenvalue weighted by molar-refractivity contribution is -0.137. The van der Waals surface area contributed by atoms with Crippen LogP contribution in [-0.2, 0) is 29.7 Å².